The van der Waals surface area contributed by atoms with Gasteiger partial charge in [-0.15, -0.1) is 0 Å². The van der Waals surface area contributed by atoms with Crippen LogP contribution in [-0.2, 0) is 0 Å². The molecular weight excluding hydrogens is 360 g/mol. The molecule has 1 aromatic heterocycles. The number of halogens is 2. The van der Waals surface area contributed by atoms with E-state index < -0.39 is 34.4 Å². The van der Waals surface area contributed by atoms with Crippen molar-refractivity contribution in [3.63, 3.8) is 0 Å². The molecule has 2 aliphatic rings. The minimum atomic E-state index is -1.68. The van der Waals surface area contributed by atoms with Crippen LogP contribution in [0, 0.1) is 11.6 Å². The van der Waals surface area contributed by atoms with Crippen molar-refractivity contribution in [1.29, 1.82) is 0 Å². The van der Waals surface area contributed by atoms with E-state index >= 15 is 0 Å². The van der Waals surface area contributed by atoms with Crippen molar-refractivity contribution in [3.05, 3.63) is 34.1 Å². The Hall–Kier alpha value is -2.68. The van der Waals surface area contributed by atoms with Crippen molar-refractivity contribution < 1.29 is 23.4 Å². The largest absolute Gasteiger partial charge is 0.511 e. The molecule has 0 bridgehead atoms. The number of anilines is 1. The van der Waals surface area contributed by atoms with Crippen LogP contribution in [0.25, 0.3) is 10.9 Å². The summed E-state index contributed by atoms with van der Waals surface area (Å²) in [6, 6.07) is 1.61. The number of rotatable bonds is 3. The van der Waals surface area contributed by atoms with Crippen molar-refractivity contribution in [2.75, 3.05) is 24.5 Å². The number of benzene rings is 1. The molecule has 1 saturated heterocycles. The minimum Gasteiger partial charge on any atom is -0.449 e. The fourth-order valence-corrected chi connectivity index (χ4v) is 3.60. The standard InChI is InChI=1S/C18H19F2N3O4/c1-9-7-22(5-4-21-9)12-6-11-14(16(20)15(12)19)17(24)13(27-18(25)26)8-23(11)10-2-3-10/h6,8-10,21H,2-5,7H2,1H3,(H,25,26). The second-order valence-electron chi connectivity index (χ2n) is 7.05. The smallest absolute Gasteiger partial charge is 0.449 e. The van der Waals surface area contributed by atoms with Crippen LogP contribution < -0.4 is 20.4 Å². The van der Waals surface area contributed by atoms with Gasteiger partial charge in [0.15, 0.2) is 17.4 Å². The van der Waals surface area contributed by atoms with Gasteiger partial charge in [0, 0.05) is 31.7 Å². The third-order valence-corrected chi connectivity index (χ3v) is 5.00. The molecule has 2 N–H and O–H groups in total. The average molecular weight is 379 g/mol. The summed E-state index contributed by atoms with van der Waals surface area (Å²) in [6.45, 7) is 3.62. The highest BCUT2D eigenvalue weighted by Gasteiger charge is 2.30. The molecule has 2 aromatic rings. The molecule has 4 rings (SSSR count). The number of piperazine rings is 1. The van der Waals surface area contributed by atoms with Gasteiger partial charge in [0.05, 0.1) is 22.8 Å². The van der Waals surface area contributed by atoms with Gasteiger partial charge in [0.25, 0.3) is 0 Å². The van der Waals surface area contributed by atoms with Crippen LogP contribution in [0.5, 0.6) is 5.75 Å². The fraction of sp³-hybridized carbons (Fsp3) is 0.444. The van der Waals surface area contributed by atoms with Gasteiger partial charge in [0.1, 0.15) is 0 Å². The average Bonchev–Trinajstić information content (AvgIpc) is 3.44. The normalized spacial score (nSPS) is 20.1. The number of fused-ring (bicyclic) bond motifs is 1. The molecule has 27 heavy (non-hydrogen) atoms. The SMILES string of the molecule is CC1CN(c2cc3c(c(F)c2F)c(=O)c(OC(=O)O)cn3C2CC2)CCN1. The van der Waals surface area contributed by atoms with Gasteiger partial charge < -0.3 is 24.6 Å². The zero-order valence-electron chi connectivity index (χ0n) is 14.7. The highest BCUT2D eigenvalue weighted by atomic mass is 19.2. The molecule has 1 unspecified atom stereocenters. The summed E-state index contributed by atoms with van der Waals surface area (Å²) in [6.07, 6.45) is 1.21. The quantitative estimate of drug-likeness (QED) is 0.798. The van der Waals surface area contributed by atoms with Crippen molar-refractivity contribution in [3.8, 4) is 5.75 Å². The maximum absolute atomic E-state index is 14.9. The summed E-state index contributed by atoms with van der Waals surface area (Å²) in [5, 5.41) is 11.6. The minimum absolute atomic E-state index is 0.00361. The molecule has 0 radical (unpaired) electrons. The number of nitrogens with zero attached hydrogens (tertiary/aromatic N) is 2. The Balaban J connectivity index is 1.94. The first-order valence-electron chi connectivity index (χ1n) is 8.82. The molecule has 9 heteroatoms. The topological polar surface area (TPSA) is 83.8 Å². The van der Waals surface area contributed by atoms with Crippen molar-refractivity contribution >= 4 is 22.7 Å². The number of carbonyl (C=O) groups is 1. The van der Waals surface area contributed by atoms with Crippen molar-refractivity contribution in [1.82, 2.24) is 9.88 Å². The van der Waals surface area contributed by atoms with Gasteiger partial charge in [-0.1, -0.05) is 0 Å². The van der Waals surface area contributed by atoms with Crippen LogP contribution in [0.4, 0.5) is 19.3 Å². The number of pyridine rings is 1. The van der Waals surface area contributed by atoms with Gasteiger partial charge in [-0.3, -0.25) is 4.79 Å². The lowest BCUT2D eigenvalue weighted by Gasteiger charge is -2.34. The molecule has 0 spiro atoms. The Morgan fingerprint density at radius 1 is 1.33 bits per heavy atom. The number of nitrogens with one attached hydrogen (secondary N) is 1. The Morgan fingerprint density at radius 2 is 2.07 bits per heavy atom. The van der Waals surface area contributed by atoms with Gasteiger partial charge in [0.2, 0.25) is 5.43 Å². The highest BCUT2D eigenvalue weighted by Crippen LogP contribution is 2.39. The highest BCUT2D eigenvalue weighted by molar-refractivity contribution is 5.86. The molecule has 7 nitrogen and oxygen atoms in total. The maximum Gasteiger partial charge on any atom is 0.511 e. The number of hydrogen-bond acceptors (Lipinski definition) is 5. The molecule has 1 aromatic carbocycles. The van der Waals surface area contributed by atoms with Crippen LogP contribution in [0.2, 0.25) is 0 Å². The lowest BCUT2D eigenvalue weighted by Crippen LogP contribution is -2.49. The predicted molar refractivity (Wildman–Crippen MR) is 94.7 cm³/mol. The number of hydrogen-bond donors (Lipinski definition) is 2. The van der Waals surface area contributed by atoms with Crippen LogP contribution in [-0.4, -0.2) is 41.5 Å². The molecule has 0 amide bonds. The third-order valence-electron chi connectivity index (χ3n) is 5.00. The van der Waals surface area contributed by atoms with Crippen LogP contribution in [0.15, 0.2) is 17.1 Å². The van der Waals surface area contributed by atoms with E-state index in [4.69, 9.17) is 5.11 Å². The second kappa shape index (κ2) is 6.49. The van der Waals surface area contributed by atoms with Crippen molar-refractivity contribution in [2.45, 2.75) is 31.8 Å². The summed E-state index contributed by atoms with van der Waals surface area (Å²) < 4.78 is 35.9. The van der Waals surface area contributed by atoms with Gasteiger partial charge in [-0.25, -0.2) is 13.6 Å². The summed E-state index contributed by atoms with van der Waals surface area (Å²) in [7, 11) is 0. The van der Waals surface area contributed by atoms with Crippen LogP contribution in [0.1, 0.15) is 25.8 Å². The molecule has 144 valence electrons. The molecule has 1 atom stereocenters. The molecule has 1 aliphatic carbocycles. The molecule has 1 aliphatic heterocycles. The first kappa shape index (κ1) is 17.7. The lowest BCUT2D eigenvalue weighted by atomic mass is 10.1. The first-order valence-corrected chi connectivity index (χ1v) is 8.82. The molecule has 2 heterocycles. The second-order valence-corrected chi connectivity index (χ2v) is 7.05. The summed E-state index contributed by atoms with van der Waals surface area (Å²) in [4.78, 5) is 25.1. The van der Waals surface area contributed by atoms with E-state index in [-0.39, 0.29) is 23.3 Å². The monoisotopic (exact) mass is 379 g/mol. The summed E-state index contributed by atoms with van der Waals surface area (Å²) >= 11 is 0. The van der Waals surface area contributed by atoms with Gasteiger partial charge in [-0.05, 0) is 25.8 Å². The van der Waals surface area contributed by atoms with Gasteiger partial charge >= 0.3 is 6.16 Å². The van der Waals surface area contributed by atoms with Crippen molar-refractivity contribution in [2.24, 2.45) is 0 Å². The van der Waals surface area contributed by atoms with E-state index in [0.29, 0.717) is 19.6 Å². The Kier molecular flexibility index (Phi) is 4.26. The number of carboxylic acid groups (broad SMARTS) is 1. The Bertz CT molecular complexity index is 987. The lowest BCUT2D eigenvalue weighted by molar-refractivity contribution is 0.143. The maximum atomic E-state index is 14.9. The Morgan fingerprint density at radius 3 is 2.70 bits per heavy atom. The summed E-state index contributed by atoms with van der Waals surface area (Å²) in [5.74, 6) is -2.91. The summed E-state index contributed by atoms with van der Waals surface area (Å²) in [5.41, 5.74) is -0.615. The predicted octanol–water partition coefficient (Wildman–Crippen LogP) is 2.47. The third kappa shape index (κ3) is 3.12. The first-order chi connectivity index (χ1) is 12.9. The molecule has 2 fully saturated rings. The Labute approximate surface area is 153 Å². The van der Waals surface area contributed by atoms with E-state index in [0.717, 1.165) is 12.8 Å². The zero-order valence-corrected chi connectivity index (χ0v) is 14.7. The fourth-order valence-electron chi connectivity index (χ4n) is 3.60. The molecular formula is C18H19F2N3O4. The van der Waals surface area contributed by atoms with E-state index in [1.54, 1.807) is 9.47 Å². The van der Waals surface area contributed by atoms with E-state index in [9.17, 15) is 18.4 Å². The van der Waals surface area contributed by atoms with Gasteiger partial charge in [-0.2, -0.15) is 0 Å². The van der Waals surface area contributed by atoms with Crippen LogP contribution in [0.3, 0.4) is 0 Å². The molecule has 1 saturated carbocycles. The van der Waals surface area contributed by atoms with Crippen LogP contribution >= 0.6 is 0 Å². The van der Waals surface area contributed by atoms with E-state index in [1.807, 2.05) is 6.92 Å². The van der Waals surface area contributed by atoms with E-state index in [1.165, 1.54) is 12.3 Å². The zero-order chi connectivity index (χ0) is 19.3. The number of aromatic nitrogens is 1. The number of ether oxygens (including phenoxy) is 1. The van der Waals surface area contributed by atoms with E-state index in [2.05, 4.69) is 10.1 Å².